The Kier molecular flexibility index (Phi) is 5.00. The molecular weight excluding hydrogens is 224 g/mol. The van der Waals surface area contributed by atoms with Crippen molar-refractivity contribution in [1.29, 1.82) is 0 Å². The van der Waals surface area contributed by atoms with Crippen LogP contribution in [0.2, 0.25) is 0 Å². The monoisotopic (exact) mass is 248 g/mol. The molecule has 100 valence electrons. The topological polar surface area (TPSA) is 34.1 Å². The number of hydrogen-bond acceptors (Lipinski definition) is 3. The summed E-state index contributed by atoms with van der Waals surface area (Å²) in [5.41, 5.74) is 1.19. The molecule has 0 saturated heterocycles. The van der Waals surface area contributed by atoms with Gasteiger partial charge in [0.25, 0.3) is 0 Å². The van der Waals surface area contributed by atoms with E-state index >= 15 is 0 Å². The van der Waals surface area contributed by atoms with Gasteiger partial charge in [0.15, 0.2) is 0 Å². The van der Waals surface area contributed by atoms with Crippen LogP contribution < -0.4 is 5.32 Å². The summed E-state index contributed by atoms with van der Waals surface area (Å²) in [6.07, 6.45) is 7.26. The van der Waals surface area contributed by atoms with E-state index in [0.717, 1.165) is 24.3 Å². The molecule has 1 aromatic rings. The molecule has 3 heteroatoms. The first-order valence-corrected chi connectivity index (χ1v) is 6.98. The highest BCUT2D eigenvalue weighted by Crippen LogP contribution is 2.28. The fourth-order valence-corrected chi connectivity index (χ4v) is 2.76. The zero-order valence-electron chi connectivity index (χ0n) is 11.5. The summed E-state index contributed by atoms with van der Waals surface area (Å²) in [5.74, 6) is 2.55. The molecule has 1 aromatic heterocycles. The lowest BCUT2D eigenvalue weighted by atomic mass is 9.83. The number of nitrogens with zero attached hydrogens (tertiary/aromatic N) is 1. The molecule has 18 heavy (non-hydrogen) atoms. The molecule has 1 N–H and O–H groups in total. The van der Waals surface area contributed by atoms with Gasteiger partial charge in [-0.2, -0.15) is 0 Å². The molecule has 1 fully saturated rings. The van der Waals surface area contributed by atoms with E-state index in [1.165, 1.54) is 31.2 Å². The van der Waals surface area contributed by atoms with Gasteiger partial charge in [-0.1, -0.05) is 19.8 Å². The van der Waals surface area contributed by atoms with E-state index in [0.29, 0.717) is 6.61 Å². The predicted molar refractivity (Wildman–Crippen MR) is 74.6 cm³/mol. The first-order chi connectivity index (χ1) is 8.78. The van der Waals surface area contributed by atoms with Crippen LogP contribution in [-0.2, 0) is 11.3 Å². The van der Waals surface area contributed by atoms with Crippen molar-refractivity contribution in [3.63, 3.8) is 0 Å². The first kappa shape index (κ1) is 13.3. The Hall–Kier alpha value is -1.09. The van der Waals surface area contributed by atoms with Gasteiger partial charge in [0.1, 0.15) is 5.82 Å². The number of nitrogens with one attached hydrogen (secondary N) is 1. The molecule has 3 nitrogen and oxygen atoms in total. The van der Waals surface area contributed by atoms with Crippen LogP contribution in [0.3, 0.4) is 0 Å². The molecule has 0 bridgehead atoms. The Morgan fingerprint density at radius 3 is 3.11 bits per heavy atom. The maximum atomic E-state index is 5.85. The number of anilines is 1. The van der Waals surface area contributed by atoms with Gasteiger partial charge in [-0.25, -0.2) is 4.98 Å². The average molecular weight is 248 g/mol. The largest absolute Gasteiger partial charge is 0.376 e. The van der Waals surface area contributed by atoms with E-state index in [-0.39, 0.29) is 0 Å². The van der Waals surface area contributed by atoms with Crippen LogP contribution in [0.4, 0.5) is 5.82 Å². The third-order valence-electron chi connectivity index (χ3n) is 3.75. The van der Waals surface area contributed by atoms with Gasteiger partial charge in [0, 0.05) is 19.9 Å². The molecule has 2 atom stereocenters. The Morgan fingerprint density at radius 1 is 1.44 bits per heavy atom. The van der Waals surface area contributed by atoms with Crippen molar-refractivity contribution in [2.24, 2.45) is 11.8 Å². The van der Waals surface area contributed by atoms with Crippen LogP contribution in [0, 0.1) is 11.8 Å². The van der Waals surface area contributed by atoms with E-state index in [4.69, 9.17) is 4.74 Å². The first-order valence-electron chi connectivity index (χ1n) is 6.98. The lowest BCUT2D eigenvalue weighted by molar-refractivity contribution is 0.0658. The maximum absolute atomic E-state index is 5.85. The smallest absolute Gasteiger partial charge is 0.125 e. The second kappa shape index (κ2) is 6.74. The van der Waals surface area contributed by atoms with Gasteiger partial charge in [-0.05, 0) is 42.4 Å². The molecule has 0 spiro atoms. The minimum absolute atomic E-state index is 0.697. The standard InChI is InChI=1S/C15H24N2O/c1-12-4-3-5-13(8-12)10-18-11-14-6-7-17-15(9-14)16-2/h6-7,9,12-13H,3-5,8,10-11H2,1-2H3,(H,16,17). The predicted octanol–water partition coefficient (Wildman–Crippen LogP) is 3.47. The zero-order valence-corrected chi connectivity index (χ0v) is 11.5. The van der Waals surface area contributed by atoms with Gasteiger partial charge in [-0.3, -0.25) is 0 Å². The van der Waals surface area contributed by atoms with E-state index in [1.54, 1.807) is 0 Å². The van der Waals surface area contributed by atoms with Crippen molar-refractivity contribution in [2.45, 2.75) is 39.2 Å². The quantitative estimate of drug-likeness (QED) is 0.866. The van der Waals surface area contributed by atoms with E-state index in [1.807, 2.05) is 25.4 Å². The Labute approximate surface area is 110 Å². The van der Waals surface area contributed by atoms with E-state index in [9.17, 15) is 0 Å². The fraction of sp³-hybridized carbons (Fsp3) is 0.667. The Bertz CT molecular complexity index is 367. The highest BCUT2D eigenvalue weighted by molar-refractivity contribution is 5.36. The SMILES string of the molecule is CNc1cc(COCC2CCCC(C)C2)ccn1. The lowest BCUT2D eigenvalue weighted by Crippen LogP contribution is -2.18. The van der Waals surface area contributed by atoms with Crippen LogP contribution in [-0.4, -0.2) is 18.6 Å². The minimum atomic E-state index is 0.697. The van der Waals surface area contributed by atoms with E-state index < -0.39 is 0 Å². The summed E-state index contributed by atoms with van der Waals surface area (Å²) in [6.45, 7) is 3.96. The summed E-state index contributed by atoms with van der Waals surface area (Å²) in [6, 6.07) is 4.06. The van der Waals surface area contributed by atoms with Crippen LogP contribution in [0.25, 0.3) is 0 Å². The summed E-state index contributed by atoms with van der Waals surface area (Å²) < 4.78 is 5.85. The molecule has 0 aliphatic heterocycles. The van der Waals surface area contributed by atoms with Gasteiger partial charge in [-0.15, -0.1) is 0 Å². The van der Waals surface area contributed by atoms with Crippen molar-refractivity contribution < 1.29 is 4.74 Å². The molecule has 1 aliphatic rings. The number of aromatic nitrogens is 1. The highest BCUT2D eigenvalue weighted by atomic mass is 16.5. The third kappa shape index (κ3) is 3.98. The second-order valence-corrected chi connectivity index (χ2v) is 5.45. The van der Waals surface area contributed by atoms with Gasteiger partial charge < -0.3 is 10.1 Å². The minimum Gasteiger partial charge on any atom is -0.376 e. The van der Waals surface area contributed by atoms with E-state index in [2.05, 4.69) is 17.2 Å². The number of rotatable bonds is 5. The summed E-state index contributed by atoms with van der Waals surface area (Å²) in [5, 5.41) is 3.05. The van der Waals surface area contributed by atoms with Crippen LogP contribution in [0.15, 0.2) is 18.3 Å². The Morgan fingerprint density at radius 2 is 2.33 bits per heavy atom. The molecule has 1 aliphatic carbocycles. The molecule has 0 radical (unpaired) electrons. The Balaban J connectivity index is 1.74. The van der Waals surface area contributed by atoms with Crippen molar-refractivity contribution in [1.82, 2.24) is 4.98 Å². The highest BCUT2D eigenvalue weighted by Gasteiger charge is 2.18. The fourth-order valence-electron chi connectivity index (χ4n) is 2.76. The average Bonchev–Trinajstić information content (AvgIpc) is 2.39. The number of hydrogen-bond donors (Lipinski definition) is 1. The van der Waals surface area contributed by atoms with Crippen LogP contribution in [0.1, 0.15) is 38.2 Å². The summed E-state index contributed by atoms with van der Waals surface area (Å²) >= 11 is 0. The van der Waals surface area contributed by atoms with Crippen molar-refractivity contribution in [3.05, 3.63) is 23.9 Å². The maximum Gasteiger partial charge on any atom is 0.125 e. The number of pyridine rings is 1. The molecule has 1 saturated carbocycles. The molecule has 0 amide bonds. The van der Waals surface area contributed by atoms with Crippen molar-refractivity contribution in [2.75, 3.05) is 19.0 Å². The molecule has 1 heterocycles. The molecule has 2 rings (SSSR count). The molecular formula is C15H24N2O. The van der Waals surface area contributed by atoms with Crippen molar-refractivity contribution in [3.8, 4) is 0 Å². The number of ether oxygens (including phenoxy) is 1. The second-order valence-electron chi connectivity index (χ2n) is 5.45. The normalized spacial score (nSPS) is 23.9. The summed E-state index contributed by atoms with van der Waals surface area (Å²) in [4.78, 5) is 4.20. The third-order valence-corrected chi connectivity index (χ3v) is 3.75. The van der Waals surface area contributed by atoms with Gasteiger partial charge in [0.2, 0.25) is 0 Å². The van der Waals surface area contributed by atoms with Crippen LogP contribution in [0.5, 0.6) is 0 Å². The van der Waals surface area contributed by atoms with Crippen molar-refractivity contribution >= 4 is 5.82 Å². The lowest BCUT2D eigenvalue weighted by Gasteiger charge is -2.26. The van der Waals surface area contributed by atoms with Gasteiger partial charge >= 0.3 is 0 Å². The summed E-state index contributed by atoms with van der Waals surface area (Å²) in [7, 11) is 1.89. The molecule has 0 aromatic carbocycles. The van der Waals surface area contributed by atoms with Gasteiger partial charge in [0.05, 0.1) is 6.61 Å². The van der Waals surface area contributed by atoms with Crippen LogP contribution >= 0.6 is 0 Å². The molecule has 2 unspecified atom stereocenters. The zero-order chi connectivity index (χ0) is 12.8.